The quantitative estimate of drug-likeness (QED) is 0.0371. The Labute approximate surface area is 497 Å². The average molecular weight is 1200 g/mol. The summed E-state index contributed by atoms with van der Waals surface area (Å²) in [6.07, 6.45) is 1.20. The van der Waals surface area contributed by atoms with Gasteiger partial charge in [-0.2, -0.15) is 0 Å². The van der Waals surface area contributed by atoms with Crippen LogP contribution in [0.3, 0.4) is 0 Å². The fraction of sp³-hybridized carbons (Fsp3) is 0.690. The fourth-order valence-corrected chi connectivity index (χ4v) is 9.79. The number of primary amides is 1. The number of aliphatic hydroxyl groups is 2. The first kappa shape index (κ1) is 72.0. The lowest BCUT2D eigenvalue weighted by Crippen LogP contribution is -2.64. The van der Waals surface area contributed by atoms with E-state index in [1.807, 2.05) is 30.3 Å². The maximum absolute atomic E-state index is 14.4. The van der Waals surface area contributed by atoms with Crippen LogP contribution >= 0.6 is 0 Å². The zero-order valence-corrected chi connectivity index (χ0v) is 51.0. The number of aliphatic hydroxyl groups excluding tert-OH is 2. The van der Waals surface area contributed by atoms with Crippen LogP contribution in [0.4, 0.5) is 0 Å². The first-order valence-electron chi connectivity index (χ1n) is 29.6. The zero-order valence-electron chi connectivity index (χ0n) is 51.0. The summed E-state index contributed by atoms with van der Waals surface area (Å²) in [5.41, 5.74) is 4.95. The van der Waals surface area contributed by atoms with Gasteiger partial charge in [-0.15, -0.1) is 0 Å². The topological polar surface area (TPSA) is 413 Å². The largest absolute Gasteiger partial charge is 0.458 e. The van der Waals surface area contributed by atoms with E-state index in [1.165, 1.54) is 13.8 Å². The molecule has 0 aromatic heterocycles. The van der Waals surface area contributed by atoms with Gasteiger partial charge in [-0.3, -0.25) is 52.7 Å². The third-order valence-electron chi connectivity index (χ3n) is 16.4. The predicted octanol–water partition coefficient (Wildman–Crippen LogP) is -1.99. The zero-order chi connectivity index (χ0) is 63.9. The molecule has 1 heterocycles. The summed E-state index contributed by atoms with van der Waals surface area (Å²) in [6, 6.07) is -4.85. The van der Waals surface area contributed by atoms with E-state index in [0.717, 1.165) is 5.56 Å². The van der Waals surface area contributed by atoms with Crippen LogP contribution in [0.25, 0.3) is 0 Å². The average Bonchev–Trinajstić information content (AvgIpc) is 4.24. The minimum Gasteiger partial charge on any atom is -0.458 e. The molecule has 476 valence electrons. The van der Waals surface area contributed by atoms with E-state index in [1.54, 1.807) is 62.4 Å². The Balaban J connectivity index is 1.85. The summed E-state index contributed by atoms with van der Waals surface area (Å²) in [5, 5.41) is 49.7. The molecule has 27 nitrogen and oxygen atoms in total. The smallest absolute Gasteiger partial charge is 0.329 e. The van der Waals surface area contributed by atoms with E-state index in [9.17, 15) is 67.7 Å². The Hall–Kier alpha value is -7.26. The van der Waals surface area contributed by atoms with Gasteiger partial charge in [0.1, 0.15) is 66.0 Å². The number of nitrogens with one attached hydrogen (secondary N) is 11. The maximum atomic E-state index is 14.4. The third kappa shape index (κ3) is 20.7. The van der Waals surface area contributed by atoms with E-state index >= 15 is 0 Å². The van der Waals surface area contributed by atoms with Crippen molar-refractivity contribution in [2.24, 2.45) is 29.4 Å². The van der Waals surface area contributed by atoms with Crippen molar-refractivity contribution in [3.05, 3.63) is 35.9 Å². The highest BCUT2D eigenvalue weighted by atomic mass is 16.5. The first-order valence-corrected chi connectivity index (χ1v) is 29.6. The summed E-state index contributed by atoms with van der Waals surface area (Å²) >= 11 is 0. The van der Waals surface area contributed by atoms with Crippen molar-refractivity contribution in [3.63, 3.8) is 0 Å². The molecule has 2 fully saturated rings. The standard InChI is InChI=1S/C58H94N12O15/c1-12-30(5)42(66-49(76)38(60-11)27-36-21-17-16-18-22-36)52(79)63-39(28-71)50(77)62-37(23-24-41(59)73)48(75)65-44(32(7)14-3)54(81)67-43(31(6)13-2)53(80)64-40(29-72)51(78)68-46-35(10)85-56(83)45(33(8)15-4)69-57(84)58(25-19-20-26-58)70-47(74)34(9)61-55(46)82/h16-18,21-22,30-35,37-40,42-46,60,71-72H,12-15,19-20,23-29H2,1-11H3,(H2,59,73)(H,61,82)(H,62,77)(H,63,79)(H,64,80)(H,65,75)(H,66,76)(H,67,81)(H,68,78)(H,69,84)(H,70,74)/t30-,31-,32-,33-,34-,35-,37+,38+,39-,40-,42-,43-,44+,45-,46+/m0/s1. The number of esters is 1. The lowest BCUT2D eigenvalue weighted by Gasteiger charge is -2.33. The highest BCUT2D eigenvalue weighted by Crippen LogP contribution is 2.31. The van der Waals surface area contributed by atoms with Crippen LogP contribution in [0, 0.1) is 23.7 Å². The number of nitrogens with two attached hydrogens (primary N) is 1. The first-order chi connectivity index (χ1) is 40.1. The molecule has 1 spiro atoms. The van der Waals surface area contributed by atoms with Crippen molar-refractivity contribution in [1.82, 2.24) is 58.5 Å². The third-order valence-corrected chi connectivity index (χ3v) is 16.4. The molecule has 3 rings (SSSR count). The van der Waals surface area contributed by atoms with Crippen molar-refractivity contribution in [1.29, 1.82) is 0 Å². The number of rotatable bonds is 30. The number of hydrogen-bond donors (Lipinski definition) is 14. The second-order valence-electron chi connectivity index (χ2n) is 22.7. The van der Waals surface area contributed by atoms with E-state index in [0.29, 0.717) is 32.1 Å². The monoisotopic (exact) mass is 1200 g/mol. The molecular formula is C58H94N12O15. The van der Waals surface area contributed by atoms with Crippen LogP contribution in [0.1, 0.15) is 139 Å². The van der Waals surface area contributed by atoms with Gasteiger partial charge in [0, 0.05) is 6.42 Å². The van der Waals surface area contributed by atoms with Crippen LogP contribution in [0.2, 0.25) is 0 Å². The lowest BCUT2D eigenvalue weighted by molar-refractivity contribution is -0.157. The lowest BCUT2D eigenvalue weighted by atomic mass is 9.93. The Kier molecular flexibility index (Phi) is 29.3. The molecule has 1 aliphatic carbocycles. The van der Waals surface area contributed by atoms with Gasteiger partial charge in [-0.05, 0) is 75.8 Å². The van der Waals surface area contributed by atoms with Gasteiger partial charge >= 0.3 is 5.97 Å². The van der Waals surface area contributed by atoms with Gasteiger partial charge in [0.05, 0.1) is 19.3 Å². The van der Waals surface area contributed by atoms with Gasteiger partial charge in [-0.1, -0.05) is 124 Å². The van der Waals surface area contributed by atoms with E-state index in [2.05, 4.69) is 58.5 Å². The van der Waals surface area contributed by atoms with E-state index in [4.69, 9.17) is 10.5 Å². The Bertz CT molecular complexity index is 2480. The molecule has 0 bridgehead atoms. The van der Waals surface area contributed by atoms with Crippen LogP contribution in [0.15, 0.2) is 30.3 Å². The van der Waals surface area contributed by atoms with E-state index in [-0.39, 0.29) is 25.7 Å². The Morgan fingerprint density at radius 3 is 1.55 bits per heavy atom. The normalized spacial score (nSPS) is 22.0. The molecule has 0 unspecified atom stereocenters. The molecule has 15 N–H and O–H groups in total. The van der Waals surface area contributed by atoms with Gasteiger partial charge in [0.25, 0.3) is 0 Å². The molecule has 1 saturated heterocycles. The number of benzene rings is 1. The molecule has 1 aromatic carbocycles. The summed E-state index contributed by atoms with van der Waals surface area (Å²) < 4.78 is 5.74. The molecule has 1 aromatic rings. The number of carbonyl (C=O) groups is 12. The molecule has 27 heteroatoms. The van der Waals surface area contributed by atoms with Crippen molar-refractivity contribution < 1.29 is 72.5 Å². The SMILES string of the molecule is CC[C@H](C)[C@H](NC(=O)[C@@H](Cc1ccccc1)NC)C(=O)N[C@@H](CO)C(=O)N[C@H](CCC(N)=O)C(=O)N[C@@H](C(=O)N[C@H](C(=O)N[C@@H](CO)C(=O)N[C@H]1C(=O)N[C@@H](C)C(=O)NC2(CCCC2)C(=O)N[C@@H]([C@@H](C)CC)C(=O)O[C@H]1C)[C@@H](C)CC)[C@@H](C)CC. The highest BCUT2D eigenvalue weighted by molar-refractivity contribution is 6.00. The molecular weight excluding hydrogens is 1100 g/mol. The van der Waals surface area contributed by atoms with Crippen LogP contribution in [-0.2, 0) is 68.7 Å². The number of ether oxygens (including phenoxy) is 1. The Morgan fingerprint density at radius 1 is 0.624 bits per heavy atom. The molecule has 1 saturated carbocycles. The minimum atomic E-state index is -1.80. The number of cyclic esters (lactones) is 1. The van der Waals surface area contributed by atoms with Gasteiger partial charge < -0.3 is 79.2 Å². The summed E-state index contributed by atoms with van der Waals surface area (Å²) in [6.45, 7) is 14.3. The van der Waals surface area contributed by atoms with Crippen LogP contribution < -0.4 is 64.2 Å². The Morgan fingerprint density at radius 2 is 1.08 bits per heavy atom. The molecule has 1 aliphatic heterocycles. The minimum absolute atomic E-state index is 0.268. The van der Waals surface area contributed by atoms with Gasteiger partial charge in [0.2, 0.25) is 65.0 Å². The van der Waals surface area contributed by atoms with Crippen LogP contribution in [-0.4, -0.2) is 173 Å². The van der Waals surface area contributed by atoms with Crippen molar-refractivity contribution >= 4 is 70.9 Å². The van der Waals surface area contributed by atoms with Gasteiger partial charge in [-0.25, -0.2) is 4.79 Å². The number of amides is 11. The maximum Gasteiger partial charge on any atom is 0.329 e. The van der Waals surface area contributed by atoms with Gasteiger partial charge in [0.15, 0.2) is 0 Å². The molecule has 0 radical (unpaired) electrons. The number of likely N-dealkylation sites (N-methyl/N-ethyl adjacent to an activating group) is 1. The summed E-state index contributed by atoms with van der Waals surface area (Å²) in [7, 11) is 1.60. The van der Waals surface area contributed by atoms with E-state index < -0.39 is 193 Å². The predicted molar refractivity (Wildman–Crippen MR) is 311 cm³/mol. The molecule has 11 amide bonds. The number of hydrogen-bond acceptors (Lipinski definition) is 16. The molecule has 85 heavy (non-hydrogen) atoms. The number of carbonyl (C=O) groups excluding carboxylic acids is 12. The highest BCUT2D eigenvalue weighted by Gasteiger charge is 2.47. The van der Waals surface area contributed by atoms with Crippen molar-refractivity contribution in [2.75, 3.05) is 20.3 Å². The van der Waals surface area contributed by atoms with Crippen molar-refractivity contribution in [2.45, 2.75) is 212 Å². The van der Waals surface area contributed by atoms with Crippen LogP contribution in [0.5, 0.6) is 0 Å². The molecule has 15 atom stereocenters. The fourth-order valence-electron chi connectivity index (χ4n) is 9.79. The van der Waals surface area contributed by atoms with Crippen molar-refractivity contribution in [3.8, 4) is 0 Å². The summed E-state index contributed by atoms with van der Waals surface area (Å²) in [5.74, 6) is -12.7. The second kappa shape index (κ2) is 34.6. The summed E-state index contributed by atoms with van der Waals surface area (Å²) in [4.78, 5) is 165. The molecule has 2 aliphatic rings. The second-order valence-corrected chi connectivity index (χ2v) is 22.7.